The van der Waals surface area contributed by atoms with Crippen LogP contribution in [0.3, 0.4) is 0 Å². The van der Waals surface area contributed by atoms with Crippen LogP contribution < -0.4 is 5.76 Å². The number of fused-ring (bicyclic) bond motifs is 1. The smallest absolute Gasteiger partial charge is 0.420 e. The number of nitro benzene ring substituents is 1. The third-order valence-corrected chi connectivity index (χ3v) is 3.78. The number of ether oxygens (including phenoxy) is 1. The molecule has 128 valence electrons. The van der Waals surface area contributed by atoms with E-state index in [-0.39, 0.29) is 12.3 Å². The molecule has 8 heteroatoms. The quantitative estimate of drug-likeness (QED) is 0.401. The van der Waals surface area contributed by atoms with Crippen LogP contribution in [0.25, 0.3) is 11.1 Å². The number of aromatic nitrogens is 1. The number of oxazole rings is 1. The first-order chi connectivity index (χ1) is 12.0. The summed E-state index contributed by atoms with van der Waals surface area (Å²) in [6, 6.07) is 11.6. The molecule has 3 rings (SSSR count). The van der Waals surface area contributed by atoms with Crippen molar-refractivity contribution in [3.05, 3.63) is 74.8 Å². The summed E-state index contributed by atoms with van der Waals surface area (Å²) >= 11 is 0. The van der Waals surface area contributed by atoms with Crippen molar-refractivity contribution >= 4 is 22.8 Å². The van der Waals surface area contributed by atoms with Crippen molar-refractivity contribution in [1.82, 2.24) is 4.57 Å². The lowest BCUT2D eigenvalue weighted by Crippen LogP contribution is -2.26. The Balaban J connectivity index is 1.73. The molecule has 1 aromatic heterocycles. The van der Waals surface area contributed by atoms with Gasteiger partial charge in [-0.3, -0.25) is 14.7 Å². The average molecular weight is 342 g/mol. The summed E-state index contributed by atoms with van der Waals surface area (Å²) in [5.41, 5.74) is 1.46. The minimum Gasteiger partial charge on any atom is -0.459 e. The van der Waals surface area contributed by atoms with Gasteiger partial charge in [-0.25, -0.2) is 9.59 Å². The Morgan fingerprint density at radius 3 is 2.60 bits per heavy atom. The Hall–Kier alpha value is -3.42. The summed E-state index contributed by atoms with van der Waals surface area (Å²) in [4.78, 5) is 34.4. The van der Waals surface area contributed by atoms with Crippen molar-refractivity contribution in [3.63, 3.8) is 0 Å². The number of hydrogen-bond donors (Lipinski definition) is 0. The highest BCUT2D eigenvalue weighted by Crippen LogP contribution is 2.18. The summed E-state index contributed by atoms with van der Waals surface area (Å²) in [7, 11) is 0. The number of carbonyl (C=O) groups is 1. The first kappa shape index (κ1) is 16.4. The monoisotopic (exact) mass is 342 g/mol. The van der Waals surface area contributed by atoms with E-state index in [0.717, 1.165) is 0 Å². The zero-order valence-electron chi connectivity index (χ0n) is 13.2. The summed E-state index contributed by atoms with van der Waals surface area (Å²) in [5.74, 6) is -1.24. The number of nitro groups is 1. The zero-order valence-corrected chi connectivity index (χ0v) is 13.2. The van der Waals surface area contributed by atoms with Gasteiger partial charge in [-0.2, -0.15) is 0 Å². The van der Waals surface area contributed by atoms with Crippen LogP contribution >= 0.6 is 0 Å². The number of para-hydroxylation sites is 2. The summed E-state index contributed by atoms with van der Waals surface area (Å²) in [5, 5.41) is 10.6. The van der Waals surface area contributed by atoms with Crippen LogP contribution in [0.4, 0.5) is 5.69 Å². The van der Waals surface area contributed by atoms with E-state index in [1.807, 2.05) is 0 Å². The summed E-state index contributed by atoms with van der Waals surface area (Å²) in [6.45, 7) is 1.49. The minimum absolute atomic E-state index is 0.0418. The van der Waals surface area contributed by atoms with Crippen LogP contribution in [0.15, 0.2) is 57.7 Å². The van der Waals surface area contributed by atoms with Gasteiger partial charge < -0.3 is 9.15 Å². The van der Waals surface area contributed by atoms with Crippen LogP contribution in [0.2, 0.25) is 0 Å². The maximum atomic E-state index is 12.3. The topological polar surface area (TPSA) is 105 Å². The maximum absolute atomic E-state index is 12.3. The SMILES string of the molecule is C[C@H](C(=O)OCc1ccc([N+](=O)[O-])cc1)n1c(=O)oc2ccccc21. The number of hydrogen-bond acceptors (Lipinski definition) is 6. The molecule has 0 bridgehead atoms. The number of esters is 1. The van der Waals surface area contributed by atoms with Crippen molar-refractivity contribution in [2.45, 2.75) is 19.6 Å². The molecule has 0 amide bonds. The predicted octanol–water partition coefficient (Wildman–Crippen LogP) is 2.81. The first-order valence-corrected chi connectivity index (χ1v) is 7.47. The fraction of sp³-hybridized carbons (Fsp3) is 0.176. The fourth-order valence-electron chi connectivity index (χ4n) is 2.45. The van der Waals surface area contributed by atoms with Crippen molar-refractivity contribution < 1.29 is 18.9 Å². The molecular formula is C17H14N2O6. The molecule has 0 aliphatic heterocycles. The Bertz CT molecular complexity index is 986. The van der Waals surface area contributed by atoms with Crippen molar-refractivity contribution in [3.8, 4) is 0 Å². The van der Waals surface area contributed by atoms with E-state index in [4.69, 9.17) is 9.15 Å². The summed E-state index contributed by atoms with van der Waals surface area (Å²) in [6.07, 6.45) is 0. The maximum Gasteiger partial charge on any atom is 0.420 e. The highest BCUT2D eigenvalue weighted by atomic mass is 16.6. The Labute approximate surface area is 141 Å². The lowest BCUT2D eigenvalue weighted by atomic mass is 10.2. The second-order valence-corrected chi connectivity index (χ2v) is 5.41. The molecule has 0 aliphatic carbocycles. The van der Waals surface area contributed by atoms with Crippen LogP contribution in [-0.4, -0.2) is 15.5 Å². The number of benzene rings is 2. The van der Waals surface area contributed by atoms with Crippen molar-refractivity contribution in [2.24, 2.45) is 0 Å². The van der Waals surface area contributed by atoms with Crippen LogP contribution in [0.1, 0.15) is 18.5 Å². The van der Waals surface area contributed by atoms with Gasteiger partial charge in [-0.05, 0) is 36.8 Å². The molecule has 8 nitrogen and oxygen atoms in total. The highest BCUT2D eigenvalue weighted by molar-refractivity contribution is 5.79. The molecule has 0 saturated heterocycles. The van der Waals surface area contributed by atoms with Gasteiger partial charge in [0, 0.05) is 12.1 Å². The lowest BCUT2D eigenvalue weighted by molar-refractivity contribution is -0.384. The van der Waals surface area contributed by atoms with E-state index in [9.17, 15) is 19.7 Å². The van der Waals surface area contributed by atoms with Crippen molar-refractivity contribution in [1.29, 1.82) is 0 Å². The minimum atomic E-state index is -0.866. The van der Waals surface area contributed by atoms with E-state index >= 15 is 0 Å². The molecule has 3 aromatic rings. The Morgan fingerprint density at radius 2 is 1.92 bits per heavy atom. The third kappa shape index (κ3) is 3.27. The molecule has 1 heterocycles. The van der Waals surface area contributed by atoms with Gasteiger partial charge in [0.05, 0.1) is 10.4 Å². The molecule has 0 aliphatic rings. The number of nitrogens with zero attached hydrogens (tertiary/aromatic N) is 2. The largest absolute Gasteiger partial charge is 0.459 e. The van der Waals surface area contributed by atoms with E-state index in [0.29, 0.717) is 16.7 Å². The second-order valence-electron chi connectivity index (χ2n) is 5.41. The van der Waals surface area contributed by atoms with Gasteiger partial charge >= 0.3 is 11.7 Å². The van der Waals surface area contributed by atoms with Gasteiger partial charge in [-0.15, -0.1) is 0 Å². The molecule has 25 heavy (non-hydrogen) atoms. The van der Waals surface area contributed by atoms with Gasteiger partial charge in [0.2, 0.25) is 0 Å². The molecule has 0 fully saturated rings. The molecule has 0 spiro atoms. The van der Waals surface area contributed by atoms with Gasteiger partial charge in [-0.1, -0.05) is 12.1 Å². The molecule has 1 atom stereocenters. The molecule has 0 unspecified atom stereocenters. The highest BCUT2D eigenvalue weighted by Gasteiger charge is 2.22. The molecule has 0 saturated carbocycles. The lowest BCUT2D eigenvalue weighted by Gasteiger charge is -2.12. The van der Waals surface area contributed by atoms with E-state index in [1.165, 1.54) is 28.8 Å². The van der Waals surface area contributed by atoms with Crippen LogP contribution in [0.5, 0.6) is 0 Å². The number of carbonyl (C=O) groups excluding carboxylic acids is 1. The first-order valence-electron chi connectivity index (χ1n) is 7.47. The fourth-order valence-corrected chi connectivity index (χ4v) is 2.45. The van der Waals surface area contributed by atoms with Crippen molar-refractivity contribution in [2.75, 3.05) is 0 Å². The predicted molar refractivity (Wildman–Crippen MR) is 88.1 cm³/mol. The Kier molecular flexibility index (Phi) is 4.34. The summed E-state index contributed by atoms with van der Waals surface area (Å²) < 4.78 is 11.5. The standard InChI is InChI=1S/C17H14N2O6/c1-11(18-14-4-2-3-5-15(14)25-17(18)21)16(20)24-10-12-6-8-13(9-7-12)19(22)23/h2-9,11H,10H2,1H3/t11-/m1/s1. The molecule has 0 radical (unpaired) electrons. The van der Waals surface area contributed by atoms with Gasteiger partial charge in [0.1, 0.15) is 12.6 Å². The van der Waals surface area contributed by atoms with E-state index in [2.05, 4.69) is 0 Å². The number of non-ortho nitro benzene ring substituents is 1. The van der Waals surface area contributed by atoms with Crippen LogP contribution in [0, 0.1) is 10.1 Å². The van der Waals surface area contributed by atoms with Gasteiger partial charge in [0.25, 0.3) is 5.69 Å². The normalized spacial score (nSPS) is 12.0. The van der Waals surface area contributed by atoms with Gasteiger partial charge in [0.15, 0.2) is 5.58 Å². The number of rotatable bonds is 5. The third-order valence-electron chi connectivity index (χ3n) is 3.78. The molecule has 2 aromatic carbocycles. The van der Waals surface area contributed by atoms with Crippen LogP contribution in [-0.2, 0) is 16.1 Å². The van der Waals surface area contributed by atoms with E-state index in [1.54, 1.807) is 31.2 Å². The molecular weight excluding hydrogens is 328 g/mol. The van der Waals surface area contributed by atoms with E-state index < -0.39 is 22.7 Å². The zero-order chi connectivity index (χ0) is 18.0. The average Bonchev–Trinajstić information content (AvgIpc) is 2.95. The Morgan fingerprint density at radius 1 is 1.24 bits per heavy atom. The molecule has 0 N–H and O–H groups in total. The second kappa shape index (κ2) is 6.60.